The highest BCUT2D eigenvalue weighted by Crippen LogP contribution is 2.34. The molecule has 2 atom stereocenters. The average Bonchev–Trinajstić information content (AvgIpc) is 2.50. The lowest BCUT2D eigenvalue weighted by Gasteiger charge is -2.33. The molecule has 4 heteroatoms. The van der Waals surface area contributed by atoms with Gasteiger partial charge in [0.25, 0.3) is 0 Å². The third-order valence-corrected chi connectivity index (χ3v) is 2.75. The lowest BCUT2D eigenvalue weighted by molar-refractivity contribution is 0.313. The van der Waals surface area contributed by atoms with Crippen LogP contribution >= 0.6 is 0 Å². The maximum Gasteiger partial charge on any atom is 0.138 e. The topological polar surface area (TPSA) is 56.7 Å². The summed E-state index contributed by atoms with van der Waals surface area (Å²) in [5.41, 5.74) is 5.90. The van der Waals surface area contributed by atoms with Crippen LogP contribution in [0.25, 0.3) is 0 Å². The van der Waals surface area contributed by atoms with Crippen LogP contribution in [0.5, 0.6) is 0 Å². The van der Waals surface area contributed by atoms with Gasteiger partial charge in [-0.1, -0.05) is 0 Å². The van der Waals surface area contributed by atoms with Gasteiger partial charge in [0.05, 0.1) is 0 Å². The van der Waals surface area contributed by atoms with E-state index in [1.54, 1.807) is 6.33 Å². The Morgan fingerprint density at radius 2 is 2.31 bits per heavy atom. The van der Waals surface area contributed by atoms with Crippen LogP contribution in [-0.4, -0.2) is 20.8 Å². The van der Waals surface area contributed by atoms with Crippen LogP contribution < -0.4 is 5.73 Å². The summed E-state index contributed by atoms with van der Waals surface area (Å²) in [5.74, 6) is 1.50. The zero-order chi connectivity index (χ0) is 9.42. The summed E-state index contributed by atoms with van der Waals surface area (Å²) in [5, 5.41) is 4.20. The Kier molecular flexibility index (Phi) is 2.07. The average molecular weight is 180 g/mol. The molecule has 0 radical (unpaired) electrons. The van der Waals surface area contributed by atoms with E-state index in [2.05, 4.69) is 23.9 Å². The number of hydrogen-bond donors (Lipinski definition) is 1. The second-order valence-electron chi connectivity index (χ2n) is 4.00. The monoisotopic (exact) mass is 180 g/mol. The van der Waals surface area contributed by atoms with Gasteiger partial charge < -0.3 is 5.73 Å². The van der Waals surface area contributed by atoms with Crippen molar-refractivity contribution in [2.24, 2.45) is 5.73 Å². The van der Waals surface area contributed by atoms with Gasteiger partial charge in [-0.15, -0.1) is 0 Å². The molecule has 2 N–H and O–H groups in total. The number of rotatable bonds is 2. The maximum absolute atomic E-state index is 5.90. The van der Waals surface area contributed by atoms with Crippen molar-refractivity contribution in [3.05, 3.63) is 12.2 Å². The van der Waals surface area contributed by atoms with E-state index in [0.717, 1.165) is 18.7 Å². The molecule has 2 unspecified atom stereocenters. The fourth-order valence-corrected chi connectivity index (χ4v) is 1.77. The first-order chi connectivity index (χ1) is 6.20. The van der Waals surface area contributed by atoms with Crippen molar-refractivity contribution in [3.8, 4) is 0 Å². The highest BCUT2D eigenvalue weighted by atomic mass is 15.3. The fourth-order valence-electron chi connectivity index (χ4n) is 1.77. The van der Waals surface area contributed by atoms with Gasteiger partial charge in [-0.05, 0) is 26.7 Å². The smallest absolute Gasteiger partial charge is 0.138 e. The minimum absolute atomic E-state index is 0.293. The Morgan fingerprint density at radius 1 is 1.54 bits per heavy atom. The van der Waals surface area contributed by atoms with Gasteiger partial charge in [-0.25, -0.2) is 9.67 Å². The van der Waals surface area contributed by atoms with E-state index in [4.69, 9.17) is 5.73 Å². The molecule has 1 fully saturated rings. The summed E-state index contributed by atoms with van der Waals surface area (Å²) in [6.07, 6.45) is 3.91. The molecule has 4 nitrogen and oxygen atoms in total. The van der Waals surface area contributed by atoms with E-state index < -0.39 is 0 Å². The van der Waals surface area contributed by atoms with Gasteiger partial charge in [-0.2, -0.15) is 5.10 Å². The predicted octanol–water partition coefficient (Wildman–Crippen LogP) is 1.06. The largest absolute Gasteiger partial charge is 0.327 e. The van der Waals surface area contributed by atoms with Gasteiger partial charge in [0, 0.05) is 18.0 Å². The number of nitrogens with two attached hydrogens (primary N) is 1. The van der Waals surface area contributed by atoms with Crippen LogP contribution in [0.4, 0.5) is 0 Å². The number of aromatic nitrogens is 3. The van der Waals surface area contributed by atoms with E-state index in [1.807, 2.05) is 4.68 Å². The Bertz CT molecular complexity index is 292. The van der Waals surface area contributed by atoms with Gasteiger partial charge in [0.2, 0.25) is 0 Å². The lowest BCUT2D eigenvalue weighted by atomic mass is 9.79. The molecule has 2 rings (SSSR count). The summed E-state index contributed by atoms with van der Waals surface area (Å²) < 4.78 is 1.98. The molecular formula is C9H16N4. The molecule has 1 aliphatic rings. The predicted molar refractivity (Wildman–Crippen MR) is 50.4 cm³/mol. The second-order valence-corrected chi connectivity index (χ2v) is 4.00. The van der Waals surface area contributed by atoms with Crippen LogP contribution in [-0.2, 0) is 0 Å². The van der Waals surface area contributed by atoms with Gasteiger partial charge in [0.1, 0.15) is 12.2 Å². The summed E-state index contributed by atoms with van der Waals surface area (Å²) in [6.45, 7) is 4.23. The molecule has 0 aliphatic heterocycles. The van der Waals surface area contributed by atoms with Crippen LogP contribution in [0, 0.1) is 0 Å². The van der Waals surface area contributed by atoms with Crippen LogP contribution in [0.2, 0.25) is 0 Å². The highest BCUT2D eigenvalue weighted by Gasteiger charge is 2.32. The molecule has 72 valence electrons. The zero-order valence-electron chi connectivity index (χ0n) is 8.14. The first kappa shape index (κ1) is 8.69. The second kappa shape index (κ2) is 3.10. The Balaban J connectivity index is 2.24. The summed E-state index contributed by atoms with van der Waals surface area (Å²) in [6, 6.07) is 0.673. The minimum atomic E-state index is 0.293. The standard InChI is InChI=1S/C9H16N4/c1-6(2)13-9(11-5-12-13)7-3-4-8(7)10/h5-8H,3-4,10H2,1-2H3. The Hall–Kier alpha value is -0.900. The van der Waals surface area contributed by atoms with E-state index >= 15 is 0 Å². The molecule has 0 bridgehead atoms. The molecule has 0 amide bonds. The molecular weight excluding hydrogens is 164 g/mol. The maximum atomic E-state index is 5.90. The molecule has 0 aromatic carbocycles. The Labute approximate surface area is 78.1 Å². The molecule has 1 aromatic rings. The molecule has 13 heavy (non-hydrogen) atoms. The third-order valence-electron chi connectivity index (χ3n) is 2.75. The minimum Gasteiger partial charge on any atom is -0.327 e. The lowest BCUT2D eigenvalue weighted by Crippen LogP contribution is -2.39. The van der Waals surface area contributed by atoms with Crippen molar-refractivity contribution < 1.29 is 0 Å². The molecule has 1 aliphatic carbocycles. The molecule has 1 saturated carbocycles. The van der Waals surface area contributed by atoms with Crippen molar-refractivity contribution in [2.45, 2.75) is 44.7 Å². The third kappa shape index (κ3) is 1.35. The van der Waals surface area contributed by atoms with Crippen LogP contribution in [0.1, 0.15) is 44.5 Å². The quantitative estimate of drug-likeness (QED) is 0.740. The van der Waals surface area contributed by atoms with E-state index in [1.165, 1.54) is 0 Å². The van der Waals surface area contributed by atoms with Gasteiger partial charge in [-0.3, -0.25) is 0 Å². The van der Waals surface area contributed by atoms with Gasteiger partial charge in [0.15, 0.2) is 0 Å². The number of hydrogen-bond acceptors (Lipinski definition) is 3. The molecule has 1 aromatic heterocycles. The summed E-state index contributed by atoms with van der Waals surface area (Å²) >= 11 is 0. The van der Waals surface area contributed by atoms with Crippen molar-refractivity contribution in [3.63, 3.8) is 0 Å². The summed E-state index contributed by atoms with van der Waals surface area (Å²) in [7, 11) is 0. The van der Waals surface area contributed by atoms with Gasteiger partial charge >= 0.3 is 0 Å². The van der Waals surface area contributed by atoms with Crippen molar-refractivity contribution in [2.75, 3.05) is 0 Å². The molecule has 0 spiro atoms. The van der Waals surface area contributed by atoms with E-state index in [-0.39, 0.29) is 0 Å². The number of nitrogens with zero attached hydrogens (tertiary/aromatic N) is 3. The highest BCUT2D eigenvalue weighted by molar-refractivity contribution is 5.07. The van der Waals surface area contributed by atoms with Crippen LogP contribution in [0.3, 0.4) is 0 Å². The van der Waals surface area contributed by atoms with Crippen LogP contribution in [0.15, 0.2) is 6.33 Å². The fraction of sp³-hybridized carbons (Fsp3) is 0.778. The van der Waals surface area contributed by atoms with E-state index in [0.29, 0.717) is 18.0 Å². The molecule has 0 saturated heterocycles. The zero-order valence-corrected chi connectivity index (χ0v) is 8.14. The Morgan fingerprint density at radius 3 is 2.77 bits per heavy atom. The molecule has 1 heterocycles. The first-order valence-electron chi connectivity index (χ1n) is 4.85. The summed E-state index contributed by atoms with van der Waals surface area (Å²) in [4.78, 5) is 4.28. The normalized spacial score (nSPS) is 27.7. The van der Waals surface area contributed by atoms with Crippen molar-refractivity contribution >= 4 is 0 Å². The van der Waals surface area contributed by atoms with Crippen molar-refractivity contribution in [1.29, 1.82) is 0 Å². The first-order valence-corrected chi connectivity index (χ1v) is 4.85. The van der Waals surface area contributed by atoms with E-state index in [9.17, 15) is 0 Å². The van der Waals surface area contributed by atoms with Crippen molar-refractivity contribution in [1.82, 2.24) is 14.8 Å². The SMILES string of the molecule is CC(C)n1ncnc1C1CCC1N.